The third kappa shape index (κ3) is 5.72. The first-order valence-electron chi connectivity index (χ1n) is 11.8. The van der Waals surface area contributed by atoms with Crippen molar-refractivity contribution in [2.24, 2.45) is 5.92 Å². The highest BCUT2D eigenvalue weighted by Crippen LogP contribution is 2.31. The van der Waals surface area contributed by atoms with Crippen LogP contribution in [-0.4, -0.2) is 68.8 Å². The average molecular weight is 519 g/mol. The molecule has 1 amide bonds. The van der Waals surface area contributed by atoms with Gasteiger partial charge in [0.1, 0.15) is 11.3 Å². The molecule has 35 heavy (non-hydrogen) atoms. The van der Waals surface area contributed by atoms with Crippen LogP contribution in [0, 0.1) is 11.7 Å². The summed E-state index contributed by atoms with van der Waals surface area (Å²) in [5.74, 6) is -0.192. The Labute approximate surface area is 210 Å². The quantitative estimate of drug-likeness (QED) is 0.440. The van der Waals surface area contributed by atoms with Crippen molar-refractivity contribution >= 4 is 42.6 Å². The van der Waals surface area contributed by atoms with E-state index in [1.54, 1.807) is 29.2 Å². The minimum absolute atomic E-state index is 0.185. The molecule has 1 fully saturated rings. The zero-order chi connectivity index (χ0) is 25.2. The molecule has 188 valence electrons. The molecule has 1 aliphatic heterocycles. The van der Waals surface area contributed by atoms with Crippen LogP contribution < -0.4 is 4.90 Å². The number of piperidine rings is 1. The van der Waals surface area contributed by atoms with Crippen molar-refractivity contribution in [2.45, 2.75) is 31.1 Å². The molecule has 1 aliphatic rings. The standard InChI is InChI=1S/C25H31FN4O3S2/c1-18-12-16-29(17-13-18)35(32,33)20-10-8-19(9-11-20)24(31)30(15-5-14-28(2)3)25-27-23-21(26)6-4-7-22(23)34-25/h4,6-11,18H,5,12-17H2,1-3H3. The molecule has 0 saturated carbocycles. The van der Waals surface area contributed by atoms with Gasteiger partial charge in [0.15, 0.2) is 5.13 Å². The molecular weight excluding hydrogens is 487 g/mol. The first-order chi connectivity index (χ1) is 16.7. The van der Waals surface area contributed by atoms with Gasteiger partial charge in [0.05, 0.1) is 9.60 Å². The number of aromatic nitrogens is 1. The van der Waals surface area contributed by atoms with Gasteiger partial charge in [0.25, 0.3) is 5.91 Å². The van der Waals surface area contributed by atoms with Crippen LogP contribution in [0.2, 0.25) is 0 Å². The molecule has 7 nitrogen and oxygen atoms in total. The summed E-state index contributed by atoms with van der Waals surface area (Å²) in [6, 6.07) is 10.9. The summed E-state index contributed by atoms with van der Waals surface area (Å²) < 4.78 is 42.5. The number of sulfonamides is 1. The molecule has 2 heterocycles. The fraction of sp³-hybridized carbons (Fsp3) is 0.440. The van der Waals surface area contributed by atoms with Gasteiger partial charge in [-0.3, -0.25) is 9.69 Å². The Balaban J connectivity index is 1.59. The van der Waals surface area contributed by atoms with Crippen LogP contribution in [0.5, 0.6) is 0 Å². The zero-order valence-corrected chi connectivity index (χ0v) is 21.9. The summed E-state index contributed by atoms with van der Waals surface area (Å²) in [4.78, 5) is 21.7. The number of rotatable bonds is 8. The number of fused-ring (bicyclic) bond motifs is 1. The average Bonchev–Trinajstić information content (AvgIpc) is 3.27. The van der Waals surface area contributed by atoms with Crippen LogP contribution in [0.25, 0.3) is 10.2 Å². The molecule has 3 aromatic rings. The SMILES string of the molecule is CC1CCN(S(=O)(=O)c2ccc(C(=O)N(CCCN(C)C)c3nc4c(F)cccc4s3)cc2)CC1. The van der Waals surface area contributed by atoms with Gasteiger partial charge in [-0.15, -0.1) is 0 Å². The van der Waals surface area contributed by atoms with Crippen molar-refractivity contribution in [3.8, 4) is 0 Å². The monoisotopic (exact) mass is 518 g/mol. The predicted molar refractivity (Wildman–Crippen MR) is 138 cm³/mol. The van der Waals surface area contributed by atoms with Gasteiger partial charge >= 0.3 is 0 Å². The molecule has 0 N–H and O–H groups in total. The number of benzene rings is 2. The van der Waals surface area contributed by atoms with E-state index >= 15 is 0 Å². The Kier molecular flexibility index (Phi) is 7.85. The van der Waals surface area contributed by atoms with Gasteiger partial charge in [-0.1, -0.05) is 24.3 Å². The number of hydrogen-bond donors (Lipinski definition) is 0. The topological polar surface area (TPSA) is 73.8 Å². The second-order valence-corrected chi connectivity index (χ2v) is 12.3. The third-order valence-corrected chi connectivity index (χ3v) is 9.26. The molecule has 0 radical (unpaired) electrons. The first kappa shape index (κ1) is 25.7. The zero-order valence-electron chi connectivity index (χ0n) is 20.3. The maximum Gasteiger partial charge on any atom is 0.260 e. The lowest BCUT2D eigenvalue weighted by molar-refractivity contribution is 0.0986. The van der Waals surface area contributed by atoms with Crippen LogP contribution >= 0.6 is 11.3 Å². The molecule has 2 aromatic carbocycles. The molecule has 0 spiro atoms. The molecule has 4 rings (SSSR count). The number of anilines is 1. The second kappa shape index (κ2) is 10.7. The Morgan fingerprint density at radius 3 is 2.43 bits per heavy atom. The van der Waals surface area contributed by atoms with Crippen LogP contribution in [0.4, 0.5) is 9.52 Å². The minimum atomic E-state index is -3.60. The summed E-state index contributed by atoms with van der Waals surface area (Å²) in [5, 5.41) is 0.424. The summed E-state index contributed by atoms with van der Waals surface area (Å²) >= 11 is 1.27. The third-order valence-electron chi connectivity index (χ3n) is 6.30. The predicted octanol–water partition coefficient (Wildman–Crippen LogP) is 4.45. The van der Waals surface area contributed by atoms with Crippen molar-refractivity contribution in [2.75, 3.05) is 45.2 Å². The van der Waals surface area contributed by atoms with Gasteiger partial charge in [-0.2, -0.15) is 4.31 Å². The lowest BCUT2D eigenvalue weighted by Crippen LogP contribution is -2.38. The highest BCUT2D eigenvalue weighted by atomic mass is 32.2. The molecule has 0 unspecified atom stereocenters. The molecule has 1 aromatic heterocycles. The van der Waals surface area contributed by atoms with Crippen molar-refractivity contribution in [1.82, 2.24) is 14.2 Å². The summed E-state index contributed by atoms with van der Waals surface area (Å²) in [5.41, 5.74) is 0.607. The molecule has 0 aliphatic carbocycles. The molecule has 1 saturated heterocycles. The fourth-order valence-electron chi connectivity index (χ4n) is 4.15. The van der Waals surface area contributed by atoms with E-state index in [0.29, 0.717) is 47.4 Å². The number of halogens is 1. The number of hydrogen-bond acceptors (Lipinski definition) is 6. The van der Waals surface area contributed by atoms with Gasteiger partial charge in [-0.05, 0) is 82.2 Å². The lowest BCUT2D eigenvalue weighted by Gasteiger charge is -2.29. The summed E-state index contributed by atoms with van der Waals surface area (Å²) in [6.45, 7) is 4.34. The van der Waals surface area contributed by atoms with E-state index in [4.69, 9.17) is 0 Å². The van der Waals surface area contributed by atoms with Crippen molar-refractivity contribution in [1.29, 1.82) is 0 Å². The summed E-state index contributed by atoms with van der Waals surface area (Å²) in [6.07, 6.45) is 2.40. The van der Waals surface area contributed by atoms with Crippen molar-refractivity contribution in [3.63, 3.8) is 0 Å². The molecule has 0 atom stereocenters. The highest BCUT2D eigenvalue weighted by molar-refractivity contribution is 7.89. The van der Waals surface area contributed by atoms with E-state index in [9.17, 15) is 17.6 Å². The number of nitrogens with zero attached hydrogens (tertiary/aromatic N) is 4. The Morgan fingerprint density at radius 1 is 1.11 bits per heavy atom. The number of thiazole rings is 1. The minimum Gasteiger partial charge on any atom is -0.309 e. The van der Waals surface area contributed by atoms with E-state index in [0.717, 1.165) is 19.4 Å². The van der Waals surface area contributed by atoms with Crippen LogP contribution in [0.3, 0.4) is 0 Å². The first-order valence-corrected chi connectivity index (χ1v) is 14.0. The lowest BCUT2D eigenvalue weighted by atomic mass is 10.0. The van der Waals surface area contributed by atoms with E-state index in [-0.39, 0.29) is 16.3 Å². The number of carbonyl (C=O) groups is 1. The van der Waals surface area contributed by atoms with E-state index in [1.165, 1.54) is 33.8 Å². The molecule has 0 bridgehead atoms. The van der Waals surface area contributed by atoms with E-state index in [2.05, 4.69) is 11.9 Å². The van der Waals surface area contributed by atoms with Gasteiger partial charge in [-0.25, -0.2) is 17.8 Å². The fourth-order valence-corrected chi connectivity index (χ4v) is 6.62. The second-order valence-electron chi connectivity index (χ2n) is 9.31. The van der Waals surface area contributed by atoms with Crippen LogP contribution in [0.1, 0.15) is 36.5 Å². The number of carbonyl (C=O) groups excluding carboxylic acids is 1. The Bertz CT molecular complexity index is 1280. The number of para-hydroxylation sites is 1. The smallest absolute Gasteiger partial charge is 0.260 e. The van der Waals surface area contributed by atoms with E-state index in [1.807, 2.05) is 19.0 Å². The van der Waals surface area contributed by atoms with E-state index < -0.39 is 15.8 Å². The largest absolute Gasteiger partial charge is 0.309 e. The molecule has 10 heteroatoms. The van der Waals surface area contributed by atoms with Crippen molar-refractivity contribution in [3.05, 3.63) is 53.8 Å². The van der Waals surface area contributed by atoms with Gasteiger partial charge in [0, 0.05) is 25.2 Å². The Hall–Kier alpha value is -2.40. The highest BCUT2D eigenvalue weighted by Gasteiger charge is 2.29. The maximum atomic E-state index is 14.2. The normalized spacial score (nSPS) is 15.7. The maximum absolute atomic E-state index is 14.2. The summed E-state index contributed by atoms with van der Waals surface area (Å²) in [7, 11) is 0.324. The Morgan fingerprint density at radius 2 is 1.80 bits per heavy atom. The number of amides is 1. The van der Waals surface area contributed by atoms with Crippen molar-refractivity contribution < 1.29 is 17.6 Å². The van der Waals surface area contributed by atoms with Gasteiger partial charge < -0.3 is 4.90 Å². The van der Waals surface area contributed by atoms with Gasteiger partial charge in [0.2, 0.25) is 10.0 Å². The molecular formula is C25H31FN4O3S2. The van der Waals surface area contributed by atoms with Crippen LogP contribution in [0.15, 0.2) is 47.4 Å². The van der Waals surface area contributed by atoms with Crippen LogP contribution in [-0.2, 0) is 10.0 Å².